The van der Waals surface area contributed by atoms with Crippen molar-refractivity contribution in [3.05, 3.63) is 41.0 Å². The van der Waals surface area contributed by atoms with Crippen LogP contribution in [0.25, 0.3) is 6.08 Å². The van der Waals surface area contributed by atoms with E-state index in [9.17, 15) is 14.4 Å². The Kier molecular flexibility index (Phi) is 6.62. The van der Waals surface area contributed by atoms with Gasteiger partial charge in [-0.15, -0.1) is 11.6 Å². The zero-order chi connectivity index (χ0) is 15.8. The Labute approximate surface area is 127 Å². The Morgan fingerprint density at radius 2 is 2.05 bits per heavy atom. The molecule has 0 unspecified atom stereocenters. The van der Waals surface area contributed by atoms with Crippen LogP contribution in [0.5, 0.6) is 0 Å². The van der Waals surface area contributed by atoms with E-state index in [-0.39, 0.29) is 30.3 Å². The highest BCUT2D eigenvalue weighted by Crippen LogP contribution is 2.17. The van der Waals surface area contributed by atoms with Crippen molar-refractivity contribution >= 4 is 35.4 Å². The zero-order valence-electron chi connectivity index (χ0n) is 11.5. The Morgan fingerprint density at radius 3 is 2.62 bits per heavy atom. The van der Waals surface area contributed by atoms with Crippen LogP contribution in [-0.4, -0.2) is 35.3 Å². The molecule has 0 aliphatic carbocycles. The second kappa shape index (κ2) is 8.21. The number of Topliss-reactive ketones (excluding diaryl/α,β-unsaturated/α-hetero) is 1. The number of rotatable bonds is 7. The van der Waals surface area contributed by atoms with E-state index < -0.39 is 11.9 Å². The highest BCUT2D eigenvalue weighted by Gasteiger charge is 2.15. The summed E-state index contributed by atoms with van der Waals surface area (Å²) in [7, 11) is 0. The fourth-order valence-corrected chi connectivity index (χ4v) is 1.82. The Hall–Kier alpha value is -2.14. The maximum absolute atomic E-state index is 11.9. The molecule has 0 saturated heterocycles. The van der Waals surface area contributed by atoms with Gasteiger partial charge in [-0.1, -0.05) is 12.1 Å². The summed E-state index contributed by atoms with van der Waals surface area (Å²) < 4.78 is 4.91. The molecule has 0 spiro atoms. The van der Waals surface area contributed by atoms with Crippen LogP contribution in [0.15, 0.2) is 24.3 Å². The largest absolute Gasteiger partial charge is 0.478 e. The molecular formula is C15H15ClO5. The van der Waals surface area contributed by atoms with Crippen molar-refractivity contribution in [2.24, 2.45) is 0 Å². The van der Waals surface area contributed by atoms with E-state index in [0.717, 1.165) is 6.08 Å². The third kappa shape index (κ3) is 5.04. The molecule has 1 N–H and O–H groups in total. The van der Waals surface area contributed by atoms with Crippen LogP contribution in [0.1, 0.15) is 39.6 Å². The third-order valence-corrected chi connectivity index (χ3v) is 2.79. The molecule has 0 bridgehead atoms. The van der Waals surface area contributed by atoms with Gasteiger partial charge in [0.25, 0.3) is 0 Å². The summed E-state index contributed by atoms with van der Waals surface area (Å²) in [5.41, 5.74) is 0.860. The molecule has 1 rings (SSSR count). The molecule has 21 heavy (non-hydrogen) atoms. The van der Waals surface area contributed by atoms with Crippen molar-refractivity contribution < 1.29 is 24.2 Å². The van der Waals surface area contributed by atoms with Gasteiger partial charge in [-0.3, -0.25) is 4.79 Å². The highest BCUT2D eigenvalue weighted by atomic mass is 35.5. The number of hydrogen-bond acceptors (Lipinski definition) is 4. The number of halogens is 1. The molecule has 0 radical (unpaired) electrons. The van der Waals surface area contributed by atoms with E-state index >= 15 is 0 Å². The van der Waals surface area contributed by atoms with Crippen LogP contribution in [-0.2, 0) is 9.53 Å². The molecule has 0 aliphatic heterocycles. The number of aliphatic carboxylic acids is 1. The zero-order valence-corrected chi connectivity index (χ0v) is 12.2. The molecule has 1 aromatic carbocycles. The summed E-state index contributed by atoms with van der Waals surface area (Å²) in [5, 5.41) is 8.65. The first-order chi connectivity index (χ1) is 9.99. The van der Waals surface area contributed by atoms with Crippen molar-refractivity contribution in [2.45, 2.75) is 13.3 Å². The first-order valence-electron chi connectivity index (χ1n) is 6.31. The van der Waals surface area contributed by atoms with Gasteiger partial charge < -0.3 is 9.84 Å². The summed E-state index contributed by atoms with van der Waals surface area (Å²) in [6.45, 7) is 1.84. The molecule has 5 nitrogen and oxygen atoms in total. The van der Waals surface area contributed by atoms with Crippen molar-refractivity contribution in [1.82, 2.24) is 0 Å². The van der Waals surface area contributed by atoms with Gasteiger partial charge >= 0.3 is 11.9 Å². The molecule has 0 aliphatic rings. The number of carboxylic acids is 1. The lowest BCUT2D eigenvalue weighted by Gasteiger charge is -2.08. The molecule has 0 saturated carbocycles. The lowest BCUT2D eigenvalue weighted by atomic mass is 10.00. The summed E-state index contributed by atoms with van der Waals surface area (Å²) in [6.07, 6.45) is 2.36. The van der Waals surface area contributed by atoms with Crippen LogP contribution < -0.4 is 0 Å². The number of carbonyl (C=O) groups excluding carboxylic acids is 2. The maximum Gasteiger partial charge on any atom is 0.338 e. The minimum absolute atomic E-state index is 0.148. The minimum atomic E-state index is -1.13. The molecular weight excluding hydrogens is 296 g/mol. The fraction of sp³-hybridized carbons (Fsp3) is 0.267. The quantitative estimate of drug-likeness (QED) is 0.362. The molecule has 0 heterocycles. The Morgan fingerprint density at radius 1 is 1.33 bits per heavy atom. The topological polar surface area (TPSA) is 80.7 Å². The standard InChI is InChI=1S/C15H15ClO5/c1-2-21-15(20)12-9-11(13(17)7-8-16)4-3-10(12)5-6-14(18)19/h3-6,9H,2,7-8H2,1H3,(H,18,19)/b6-5+. The number of carboxylic acid groups (broad SMARTS) is 1. The van der Waals surface area contributed by atoms with Crippen molar-refractivity contribution in [3.8, 4) is 0 Å². The van der Waals surface area contributed by atoms with E-state index in [1.807, 2.05) is 0 Å². The van der Waals surface area contributed by atoms with Gasteiger partial charge in [0.15, 0.2) is 5.78 Å². The van der Waals surface area contributed by atoms with Gasteiger partial charge in [-0.25, -0.2) is 9.59 Å². The van der Waals surface area contributed by atoms with Crippen molar-refractivity contribution in [1.29, 1.82) is 0 Å². The van der Waals surface area contributed by atoms with Gasteiger partial charge in [0.1, 0.15) is 0 Å². The molecule has 112 valence electrons. The number of esters is 1. The Bertz CT molecular complexity index is 577. The van der Waals surface area contributed by atoms with Crippen LogP contribution in [0, 0.1) is 0 Å². The van der Waals surface area contributed by atoms with Gasteiger partial charge in [0, 0.05) is 23.9 Å². The van der Waals surface area contributed by atoms with Gasteiger partial charge in [0.05, 0.1) is 12.2 Å². The van der Waals surface area contributed by atoms with E-state index in [2.05, 4.69) is 0 Å². The number of ether oxygens (including phenoxy) is 1. The summed E-state index contributed by atoms with van der Waals surface area (Å²) >= 11 is 5.53. The van der Waals surface area contributed by atoms with Crippen LogP contribution in [0.4, 0.5) is 0 Å². The first kappa shape index (κ1) is 16.9. The number of hydrogen-bond donors (Lipinski definition) is 1. The van der Waals surface area contributed by atoms with Gasteiger partial charge in [-0.05, 0) is 24.6 Å². The normalized spacial score (nSPS) is 10.6. The SMILES string of the molecule is CCOC(=O)c1cc(C(=O)CCCl)ccc1/C=C/C(=O)O. The van der Waals surface area contributed by atoms with E-state index in [0.29, 0.717) is 11.1 Å². The van der Waals surface area contributed by atoms with Gasteiger partial charge in [-0.2, -0.15) is 0 Å². The number of benzene rings is 1. The average molecular weight is 311 g/mol. The third-order valence-electron chi connectivity index (χ3n) is 2.60. The van der Waals surface area contributed by atoms with E-state index in [1.165, 1.54) is 24.3 Å². The fourth-order valence-electron chi connectivity index (χ4n) is 1.65. The lowest BCUT2D eigenvalue weighted by molar-refractivity contribution is -0.131. The molecule has 6 heteroatoms. The number of ketones is 1. The second-order valence-electron chi connectivity index (χ2n) is 4.06. The predicted octanol–water partition coefficient (Wildman–Crippen LogP) is 2.77. The van der Waals surface area contributed by atoms with Gasteiger partial charge in [0.2, 0.25) is 0 Å². The summed E-state index contributed by atoms with van der Waals surface area (Å²) in [4.78, 5) is 34.3. The molecule has 0 fully saturated rings. The average Bonchev–Trinajstić information content (AvgIpc) is 2.45. The van der Waals surface area contributed by atoms with Crippen LogP contribution >= 0.6 is 11.6 Å². The predicted molar refractivity (Wildman–Crippen MR) is 78.7 cm³/mol. The molecule has 0 aromatic heterocycles. The number of alkyl halides is 1. The summed E-state index contributed by atoms with van der Waals surface area (Å²) in [5.74, 6) is -1.74. The molecule has 0 amide bonds. The smallest absolute Gasteiger partial charge is 0.338 e. The van der Waals surface area contributed by atoms with Crippen molar-refractivity contribution in [2.75, 3.05) is 12.5 Å². The van der Waals surface area contributed by atoms with E-state index in [1.54, 1.807) is 6.92 Å². The Balaban J connectivity index is 3.22. The maximum atomic E-state index is 11.9. The van der Waals surface area contributed by atoms with Crippen LogP contribution in [0.2, 0.25) is 0 Å². The van der Waals surface area contributed by atoms with E-state index in [4.69, 9.17) is 21.4 Å². The van der Waals surface area contributed by atoms with Crippen molar-refractivity contribution in [3.63, 3.8) is 0 Å². The highest BCUT2D eigenvalue weighted by molar-refractivity contribution is 6.19. The molecule has 0 atom stereocenters. The second-order valence-corrected chi connectivity index (χ2v) is 4.43. The van der Waals surface area contributed by atoms with Crippen LogP contribution in [0.3, 0.4) is 0 Å². The first-order valence-corrected chi connectivity index (χ1v) is 6.84. The molecule has 1 aromatic rings. The minimum Gasteiger partial charge on any atom is -0.478 e. The monoisotopic (exact) mass is 310 g/mol. The lowest BCUT2D eigenvalue weighted by Crippen LogP contribution is -2.09. The number of carbonyl (C=O) groups is 3. The summed E-state index contributed by atoms with van der Waals surface area (Å²) in [6, 6.07) is 4.43.